The number of rotatable bonds is 15. The van der Waals surface area contributed by atoms with Crippen LogP contribution in [-0.2, 0) is 27.2 Å². The molecule has 0 unspecified atom stereocenters. The highest BCUT2D eigenvalue weighted by Gasteiger charge is 2.40. The molecule has 1 saturated carbocycles. The molecule has 3 amide bonds. The second-order valence-electron chi connectivity index (χ2n) is 14.1. The van der Waals surface area contributed by atoms with Gasteiger partial charge >= 0.3 is 6.09 Å². The summed E-state index contributed by atoms with van der Waals surface area (Å²) in [4.78, 5) is 47.5. The van der Waals surface area contributed by atoms with E-state index < -0.39 is 65.5 Å². The van der Waals surface area contributed by atoms with Crippen LogP contribution in [0.1, 0.15) is 84.4 Å². The van der Waals surface area contributed by atoms with Gasteiger partial charge in [-0.3, -0.25) is 9.59 Å². The van der Waals surface area contributed by atoms with Gasteiger partial charge in [0.05, 0.1) is 23.7 Å². The minimum absolute atomic E-state index is 0.0212. The van der Waals surface area contributed by atoms with Crippen molar-refractivity contribution in [3.8, 4) is 0 Å². The summed E-state index contributed by atoms with van der Waals surface area (Å²) in [5, 5.41) is 51.2. The maximum atomic E-state index is 14.0. The van der Waals surface area contributed by atoms with Crippen LogP contribution in [0.15, 0.2) is 42.9 Å². The minimum Gasteiger partial charge on any atom is -0.444 e. The number of nitrogens with one attached hydrogen (secondary N) is 4. The first-order valence-corrected chi connectivity index (χ1v) is 16.4. The van der Waals surface area contributed by atoms with Gasteiger partial charge in [0.2, 0.25) is 11.8 Å². The predicted octanol–water partition coefficient (Wildman–Crippen LogP) is 1.88. The third kappa shape index (κ3) is 12.5. The van der Waals surface area contributed by atoms with Gasteiger partial charge < -0.3 is 46.1 Å². The fourth-order valence-electron chi connectivity index (χ4n) is 5.79. The number of nitrogens with zero attached hydrogens (tertiary/aromatic N) is 1. The van der Waals surface area contributed by atoms with Crippen LogP contribution in [0.2, 0.25) is 0 Å². The fourth-order valence-corrected chi connectivity index (χ4v) is 5.79. The lowest BCUT2D eigenvalue weighted by atomic mass is 9.81. The van der Waals surface area contributed by atoms with Gasteiger partial charge in [-0.25, -0.2) is 9.78 Å². The quantitative estimate of drug-likeness (QED) is 0.140. The van der Waals surface area contributed by atoms with Gasteiger partial charge in [0.1, 0.15) is 36.0 Å². The van der Waals surface area contributed by atoms with Gasteiger partial charge in [-0.15, -0.1) is 0 Å². The number of aliphatic hydroxyl groups excluding tert-OH is 3. The van der Waals surface area contributed by atoms with E-state index in [-0.39, 0.29) is 18.8 Å². The van der Waals surface area contributed by atoms with Crippen LogP contribution in [0.4, 0.5) is 4.79 Å². The molecule has 0 radical (unpaired) electrons. The highest BCUT2D eigenvalue weighted by Crippen LogP contribution is 2.29. The van der Waals surface area contributed by atoms with Crippen molar-refractivity contribution in [2.75, 3.05) is 0 Å². The summed E-state index contributed by atoms with van der Waals surface area (Å²) in [6.07, 6.45) is 2.43. The SMILES string of the molecule is CC(C)(C)OC(=O)N[C@@H](Cc1ccccc1)C(=O)N[C@@H](Cc1c[nH]cn1)C(=O)N[C@@H](CC1CCCCC1)[C@@H](O)[C@@H](O)[C@H](O)C(C)(C)O. The third-order valence-corrected chi connectivity index (χ3v) is 8.34. The summed E-state index contributed by atoms with van der Waals surface area (Å²) in [5.41, 5.74) is -1.28. The van der Waals surface area contributed by atoms with Gasteiger partial charge in [-0.1, -0.05) is 62.4 Å². The molecule has 13 nitrogen and oxygen atoms in total. The smallest absolute Gasteiger partial charge is 0.408 e. The van der Waals surface area contributed by atoms with Gasteiger partial charge in [0.15, 0.2) is 0 Å². The molecule has 1 heterocycles. The van der Waals surface area contributed by atoms with E-state index in [0.717, 1.165) is 37.7 Å². The van der Waals surface area contributed by atoms with Crippen LogP contribution in [0, 0.1) is 5.92 Å². The number of carbonyl (C=O) groups is 3. The first-order valence-electron chi connectivity index (χ1n) is 16.4. The molecule has 47 heavy (non-hydrogen) atoms. The zero-order valence-electron chi connectivity index (χ0n) is 28.1. The van der Waals surface area contributed by atoms with E-state index >= 15 is 0 Å². The lowest BCUT2D eigenvalue weighted by molar-refractivity contribution is -0.148. The fraction of sp³-hybridized carbons (Fsp3) is 0.647. The summed E-state index contributed by atoms with van der Waals surface area (Å²) in [6, 6.07) is 5.79. The first kappa shape index (κ1) is 37.9. The number of hydrogen-bond acceptors (Lipinski definition) is 9. The molecule has 3 rings (SSSR count). The van der Waals surface area contributed by atoms with Crippen LogP contribution in [-0.4, -0.2) is 95.9 Å². The molecule has 1 aromatic carbocycles. The molecule has 0 aliphatic heterocycles. The van der Waals surface area contributed by atoms with Gasteiger partial charge in [-0.2, -0.15) is 0 Å². The first-order chi connectivity index (χ1) is 22.0. The third-order valence-electron chi connectivity index (χ3n) is 8.34. The van der Waals surface area contributed by atoms with Crippen molar-refractivity contribution < 1.29 is 39.5 Å². The Morgan fingerprint density at radius 2 is 1.51 bits per heavy atom. The number of alkyl carbamates (subject to hydrolysis) is 1. The molecule has 0 bridgehead atoms. The molecule has 2 aromatic rings. The van der Waals surface area contributed by atoms with Crippen molar-refractivity contribution >= 4 is 17.9 Å². The Bertz CT molecular complexity index is 1260. The van der Waals surface area contributed by atoms with Gasteiger partial charge in [0.25, 0.3) is 0 Å². The second-order valence-corrected chi connectivity index (χ2v) is 14.1. The van der Waals surface area contributed by atoms with Crippen LogP contribution in [0.3, 0.4) is 0 Å². The molecule has 0 spiro atoms. The monoisotopic (exact) mass is 659 g/mol. The van der Waals surface area contributed by atoms with Gasteiger partial charge in [0, 0.05) is 19.0 Å². The Labute approximate surface area is 276 Å². The molecule has 1 aliphatic carbocycles. The van der Waals surface area contributed by atoms with Crippen LogP contribution >= 0.6 is 0 Å². The van der Waals surface area contributed by atoms with E-state index in [1.165, 1.54) is 20.2 Å². The van der Waals surface area contributed by atoms with E-state index in [4.69, 9.17) is 4.74 Å². The van der Waals surface area contributed by atoms with Crippen molar-refractivity contribution in [3.63, 3.8) is 0 Å². The van der Waals surface area contributed by atoms with Crippen molar-refractivity contribution in [2.24, 2.45) is 5.92 Å². The van der Waals surface area contributed by atoms with Crippen LogP contribution in [0.25, 0.3) is 0 Å². The van der Waals surface area contributed by atoms with E-state index in [1.807, 2.05) is 30.3 Å². The maximum Gasteiger partial charge on any atom is 0.408 e. The zero-order valence-corrected chi connectivity index (χ0v) is 28.1. The molecule has 0 saturated heterocycles. The number of amides is 3. The number of ether oxygens (including phenoxy) is 1. The number of aromatic amines is 1. The zero-order chi connectivity index (χ0) is 34.8. The average molecular weight is 660 g/mol. The lowest BCUT2D eigenvalue weighted by Gasteiger charge is -2.37. The largest absolute Gasteiger partial charge is 0.444 e. The minimum atomic E-state index is -1.77. The maximum absolute atomic E-state index is 14.0. The molecule has 1 aromatic heterocycles. The van der Waals surface area contributed by atoms with Gasteiger partial charge in [-0.05, 0) is 52.5 Å². The normalized spacial score (nSPS) is 18.2. The topological polar surface area (TPSA) is 206 Å². The van der Waals surface area contributed by atoms with Crippen molar-refractivity contribution in [3.05, 3.63) is 54.1 Å². The van der Waals surface area contributed by atoms with Crippen molar-refractivity contribution in [2.45, 2.75) is 134 Å². The number of aliphatic hydroxyl groups is 4. The Morgan fingerprint density at radius 3 is 2.09 bits per heavy atom. The molecular weight excluding hydrogens is 606 g/mol. The Hall–Kier alpha value is -3.52. The average Bonchev–Trinajstić information content (AvgIpc) is 3.51. The molecular formula is C34H53N5O8. The second kappa shape index (κ2) is 17.0. The molecule has 1 aliphatic rings. The summed E-state index contributed by atoms with van der Waals surface area (Å²) in [5.74, 6) is -1.14. The summed E-state index contributed by atoms with van der Waals surface area (Å²) in [6.45, 7) is 7.75. The van der Waals surface area contributed by atoms with Crippen molar-refractivity contribution in [1.82, 2.24) is 25.9 Å². The summed E-state index contributed by atoms with van der Waals surface area (Å²) >= 11 is 0. The van der Waals surface area contributed by atoms with E-state index in [2.05, 4.69) is 25.9 Å². The molecule has 1 fully saturated rings. The number of imidazole rings is 1. The highest BCUT2D eigenvalue weighted by molar-refractivity contribution is 5.91. The summed E-state index contributed by atoms with van der Waals surface area (Å²) in [7, 11) is 0. The van der Waals surface area contributed by atoms with Crippen LogP contribution < -0.4 is 16.0 Å². The van der Waals surface area contributed by atoms with E-state index in [9.17, 15) is 34.8 Å². The number of carbonyl (C=O) groups excluding carboxylic acids is 3. The number of hydrogen-bond donors (Lipinski definition) is 8. The Balaban J connectivity index is 1.87. The van der Waals surface area contributed by atoms with E-state index in [0.29, 0.717) is 12.1 Å². The standard InChI is InChI=1S/C34H53N5O8/c1-33(2,3)47-32(45)39-25(17-22-14-10-7-11-15-22)30(43)38-26(18-23-19-35-20-36-23)31(44)37-24(16-21-12-8-6-9-13-21)27(40)28(41)29(42)34(4,5)46/h7,10-11,14-15,19-21,24-29,40-42,46H,6,8-9,12-13,16-18H2,1-5H3,(H,35,36)(H,37,44)(H,38,43)(H,39,45)/t24-,25-,26-,27+,28+,29-/m0/s1. The number of H-pyrrole nitrogens is 1. The lowest BCUT2D eigenvalue weighted by Crippen LogP contribution is -2.60. The number of benzene rings is 1. The van der Waals surface area contributed by atoms with E-state index in [1.54, 1.807) is 27.0 Å². The molecule has 262 valence electrons. The molecule has 8 N–H and O–H groups in total. The number of aromatic nitrogens is 2. The summed E-state index contributed by atoms with van der Waals surface area (Å²) < 4.78 is 5.40. The van der Waals surface area contributed by atoms with Crippen LogP contribution in [0.5, 0.6) is 0 Å². The molecule has 13 heteroatoms. The Morgan fingerprint density at radius 1 is 0.894 bits per heavy atom. The highest BCUT2D eigenvalue weighted by atomic mass is 16.6. The van der Waals surface area contributed by atoms with Crippen molar-refractivity contribution in [1.29, 1.82) is 0 Å². The Kier molecular flexibility index (Phi) is 13.8. The predicted molar refractivity (Wildman–Crippen MR) is 175 cm³/mol. The molecule has 6 atom stereocenters.